The lowest BCUT2D eigenvalue weighted by Gasteiger charge is -2.17. The Labute approximate surface area is 197 Å². The average Bonchev–Trinajstić information content (AvgIpc) is 3.49. The third kappa shape index (κ3) is 4.65. The van der Waals surface area contributed by atoms with Crippen LogP contribution < -0.4 is 9.47 Å². The molecule has 1 aromatic carbocycles. The van der Waals surface area contributed by atoms with E-state index in [0.717, 1.165) is 5.56 Å². The Morgan fingerprint density at radius 1 is 1.03 bits per heavy atom. The minimum Gasteiger partial charge on any atom is -0.494 e. The number of para-hydroxylation sites is 1. The van der Waals surface area contributed by atoms with Crippen LogP contribution in [0.1, 0.15) is 24.1 Å². The molecule has 3 heterocycles. The number of furan rings is 1. The van der Waals surface area contributed by atoms with Crippen LogP contribution in [0.3, 0.4) is 0 Å². The number of aryl methyl sites for hydroxylation is 1. The predicted octanol–water partition coefficient (Wildman–Crippen LogP) is 3.19. The molecule has 0 saturated carbocycles. The largest absolute Gasteiger partial charge is 0.494 e. The number of aromatic nitrogens is 5. The van der Waals surface area contributed by atoms with Crippen LogP contribution in [0.5, 0.6) is 11.5 Å². The van der Waals surface area contributed by atoms with Crippen molar-refractivity contribution in [2.24, 2.45) is 0 Å². The smallest absolute Gasteiger partial charge is 0.204 e. The molecule has 0 saturated heterocycles. The Balaban J connectivity index is 1.77. The van der Waals surface area contributed by atoms with E-state index >= 15 is 0 Å². The molecule has 34 heavy (non-hydrogen) atoms. The first-order chi connectivity index (χ1) is 16.3. The van der Waals surface area contributed by atoms with Gasteiger partial charge in [-0.2, -0.15) is 0 Å². The number of sulfone groups is 1. The molecule has 0 N–H and O–H groups in total. The van der Waals surface area contributed by atoms with E-state index in [9.17, 15) is 8.42 Å². The molecule has 1 atom stereocenters. The molecule has 0 bridgehead atoms. The SMILES string of the molecule is COc1cccc(OC)c1-n1c(CS(=O)(=O)[C@@H](C)Cc2ncc(C)cn2)nnc1-c1ccco1. The third-order valence-corrected chi connectivity index (χ3v) is 7.40. The van der Waals surface area contributed by atoms with Crippen LogP contribution in [0, 0.1) is 6.92 Å². The zero-order valence-electron chi connectivity index (χ0n) is 19.3. The molecule has 4 rings (SSSR count). The van der Waals surface area contributed by atoms with Crippen LogP contribution in [0.25, 0.3) is 17.3 Å². The quantitative estimate of drug-likeness (QED) is 0.353. The van der Waals surface area contributed by atoms with Crippen LogP contribution in [0.2, 0.25) is 0 Å². The molecule has 3 aromatic heterocycles. The monoisotopic (exact) mass is 483 g/mol. The summed E-state index contributed by atoms with van der Waals surface area (Å²) < 4.78 is 44.9. The predicted molar refractivity (Wildman–Crippen MR) is 125 cm³/mol. The number of rotatable bonds is 9. The Morgan fingerprint density at radius 3 is 2.29 bits per heavy atom. The minimum absolute atomic E-state index is 0.180. The summed E-state index contributed by atoms with van der Waals surface area (Å²) in [5.74, 6) is 1.97. The topological polar surface area (TPSA) is 122 Å². The molecular formula is C23H25N5O5S. The number of ether oxygens (including phenoxy) is 2. The highest BCUT2D eigenvalue weighted by molar-refractivity contribution is 7.91. The second-order valence-corrected chi connectivity index (χ2v) is 10.2. The van der Waals surface area contributed by atoms with Crippen LogP contribution >= 0.6 is 0 Å². The Morgan fingerprint density at radius 2 is 1.71 bits per heavy atom. The van der Waals surface area contributed by atoms with Gasteiger partial charge >= 0.3 is 0 Å². The molecule has 0 fully saturated rings. The van der Waals surface area contributed by atoms with Gasteiger partial charge in [0.2, 0.25) is 5.82 Å². The summed E-state index contributed by atoms with van der Waals surface area (Å²) in [6.07, 6.45) is 5.03. The Bertz CT molecular complexity index is 1340. The molecule has 10 nitrogen and oxygen atoms in total. The van der Waals surface area contributed by atoms with E-state index in [-0.39, 0.29) is 18.0 Å². The zero-order chi connectivity index (χ0) is 24.3. The van der Waals surface area contributed by atoms with Gasteiger partial charge in [-0.05, 0) is 43.7 Å². The summed E-state index contributed by atoms with van der Waals surface area (Å²) in [6, 6.07) is 8.71. The lowest BCUT2D eigenvalue weighted by Crippen LogP contribution is -2.24. The fourth-order valence-electron chi connectivity index (χ4n) is 3.49. The van der Waals surface area contributed by atoms with E-state index in [1.54, 1.807) is 54.2 Å². The zero-order valence-corrected chi connectivity index (χ0v) is 20.1. The van der Waals surface area contributed by atoms with Crippen LogP contribution in [0.4, 0.5) is 0 Å². The maximum Gasteiger partial charge on any atom is 0.204 e. The fraction of sp³-hybridized carbons (Fsp3) is 0.304. The van der Waals surface area contributed by atoms with Crippen molar-refractivity contribution < 1.29 is 22.3 Å². The van der Waals surface area contributed by atoms with Crippen molar-refractivity contribution in [3.8, 4) is 28.8 Å². The number of hydrogen-bond donors (Lipinski definition) is 0. The van der Waals surface area contributed by atoms with Gasteiger partial charge in [0.1, 0.15) is 28.8 Å². The summed E-state index contributed by atoms with van der Waals surface area (Å²) >= 11 is 0. The van der Waals surface area contributed by atoms with Gasteiger partial charge in [-0.25, -0.2) is 18.4 Å². The van der Waals surface area contributed by atoms with Crippen LogP contribution in [0.15, 0.2) is 53.4 Å². The first-order valence-corrected chi connectivity index (χ1v) is 12.2. The minimum atomic E-state index is -3.66. The summed E-state index contributed by atoms with van der Waals surface area (Å²) in [7, 11) is -0.616. The highest BCUT2D eigenvalue weighted by Crippen LogP contribution is 2.36. The van der Waals surface area contributed by atoms with Crippen molar-refractivity contribution in [1.82, 2.24) is 24.7 Å². The highest BCUT2D eigenvalue weighted by Gasteiger charge is 2.29. The van der Waals surface area contributed by atoms with Gasteiger partial charge in [0.15, 0.2) is 21.4 Å². The molecule has 0 amide bonds. The Hall–Kier alpha value is -3.73. The standard InChI is InChI=1S/C23H25N5O5S/c1-15-12-24-20(25-13-15)11-16(2)34(29,30)14-21-26-27-23(19-9-6-10-33-19)28(21)22-17(31-3)7-5-8-18(22)32-4/h5-10,12-13,16H,11,14H2,1-4H3/t16-/m0/s1. The molecule has 0 radical (unpaired) electrons. The molecule has 0 aliphatic carbocycles. The molecule has 0 unspecified atom stereocenters. The number of hydrogen-bond acceptors (Lipinski definition) is 9. The molecule has 0 aliphatic heterocycles. The number of benzene rings is 1. The molecule has 0 aliphatic rings. The molecule has 0 spiro atoms. The fourth-order valence-corrected chi connectivity index (χ4v) is 4.73. The molecular weight excluding hydrogens is 458 g/mol. The Kier molecular flexibility index (Phi) is 6.64. The number of nitrogens with zero attached hydrogens (tertiary/aromatic N) is 5. The van der Waals surface area contributed by atoms with Crippen LogP contribution in [-0.4, -0.2) is 52.6 Å². The van der Waals surface area contributed by atoms with E-state index in [1.807, 2.05) is 6.92 Å². The normalized spacial score (nSPS) is 12.5. The summed E-state index contributed by atoms with van der Waals surface area (Å²) in [6.45, 7) is 3.51. The summed E-state index contributed by atoms with van der Waals surface area (Å²) in [4.78, 5) is 8.47. The molecule has 11 heteroatoms. The van der Waals surface area contributed by atoms with Crippen molar-refractivity contribution in [2.45, 2.75) is 31.3 Å². The van der Waals surface area contributed by atoms with Crippen molar-refractivity contribution in [3.63, 3.8) is 0 Å². The lowest BCUT2D eigenvalue weighted by atomic mass is 10.2. The van der Waals surface area contributed by atoms with Gasteiger partial charge in [0.25, 0.3) is 0 Å². The third-order valence-electron chi connectivity index (χ3n) is 5.34. The summed E-state index contributed by atoms with van der Waals surface area (Å²) in [5.41, 5.74) is 1.38. The average molecular weight is 484 g/mol. The van der Waals surface area contributed by atoms with Gasteiger partial charge in [0, 0.05) is 18.8 Å². The summed E-state index contributed by atoms with van der Waals surface area (Å²) in [5, 5.41) is 7.72. The van der Waals surface area contributed by atoms with E-state index in [1.165, 1.54) is 20.5 Å². The van der Waals surface area contributed by atoms with Gasteiger partial charge in [0.05, 0.1) is 25.7 Å². The second-order valence-electron chi connectivity index (χ2n) is 7.76. The van der Waals surface area contributed by atoms with E-state index < -0.39 is 15.1 Å². The first kappa shape index (κ1) is 23.4. The van der Waals surface area contributed by atoms with Crippen LogP contribution in [-0.2, 0) is 22.0 Å². The van der Waals surface area contributed by atoms with E-state index in [2.05, 4.69) is 20.2 Å². The lowest BCUT2D eigenvalue weighted by molar-refractivity contribution is 0.390. The maximum absolute atomic E-state index is 13.3. The molecule has 4 aromatic rings. The van der Waals surface area contributed by atoms with Gasteiger partial charge in [-0.1, -0.05) is 6.07 Å². The first-order valence-electron chi connectivity index (χ1n) is 10.5. The molecule has 178 valence electrons. The number of methoxy groups -OCH3 is 2. The maximum atomic E-state index is 13.3. The van der Waals surface area contributed by atoms with E-state index in [0.29, 0.717) is 34.6 Å². The van der Waals surface area contributed by atoms with Gasteiger partial charge in [-0.15, -0.1) is 10.2 Å². The second kappa shape index (κ2) is 9.64. The van der Waals surface area contributed by atoms with Gasteiger partial charge < -0.3 is 13.9 Å². The highest BCUT2D eigenvalue weighted by atomic mass is 32.2. The van der Waals surface area contributed by atoms with Crippen molar-refractivity contribution in [1.29, 1.82) is 0 Å². The van der Waals surface area contributed by atoms with Crippen molar-refractivity contribution in [2.75, 3.05) is 14.2 Å². The van der Waals surface area contributed by atoms with Crippen molar-refractivity contribution in [3.05, 3.63) is 66.2 Å². The van der Waals surface area contributed by atoms with Crippen molar-refractivity contribution >= 4 is 9.84 Å². The van der Waals surface area contributed by atoms with E-state index in [4.69, 9.17) is 13.9 Å². The van der Waals surface area contributed by atoms with Gasteiger partial charge in [-0.3, -0.25) is 4.57 Å².